The molecule has 0 radical (unpaired) electrons. The Morgan fingerprint density at radius 1 is 1.39 bits per heavy atom. The number of hydrogen-bond donors (Lipinski definition) is 2. The Bertz CT molecular complexity index is 784. The van der Waals surface area contributed by atoms with Gasteiger partial charge in [-0.25, -0.2) is 4.79 Å². The van der Waals surface area contributed by atoms with Crippen LogP contribution in [0.25, 0.3) is 10.9 Å². The van der Waals surface area contributed by atoms with Gasteiger partial charge in [-0.3, -0.25) is 4.79 Å². The number of fused-ring (bicyclic) bond motifs is 1. The molecule has 3 rings (SSSR count). The third-order valence-electron chi connectivity index (χ3n) is 4.44. The van der Waals surface area contributed by atoms with Crippen LogP contribution in [0.1, 0.15) is 18.4 Å². The molecule has 0 unspecified atom stereocenters. The molecule has 23 heavy (non-hydrogen) atoms. The first-order chi connectivity index (χ1) is 11.1. The lowest BCUT2D eigenvalue weighted by Crippen LogP contribution is -2.47. The smallest absolute Gasteiger partial charge is 0.407 e. The number of para-hydroxylation sites is 1. The number of nitrogens with one attached hydrogen (secondary N) is 1. The molecule has 2 N–H and O–H groups in total. The van der Waals surface area contributed by atoms with Crippen LogP contribution >= 0.6 is 0 Å². The van der Waals surface area contributed by atoms with Crippen molar-refractivity contribution in [2.24, 2.45) is 7.05 Å². The van der Waals surface area contributed by atoms with E-state index < -0.39 is 6.09 Å². The van der Waals surface area contributed by atoms with E-state index in [0.29, 0.717) is 30.6 Å². The molecular formula is C17H21N3O3. The van der Waals surface area contributed by atoms with Crippen LogP contribution in [0.4, 0.5) is 4.79 Å². The maximum Gasteiger partial charge on any atom is 0.407 e. The average molecular weight is 315 g/mol. The van der Waals surface area contributed by atoms with Crippen molar-refractivity contribution in [3.8, 4) is 0 Å². The predicted octanol–water partition coefficient (Wildman–Crippen LogP) is 1.77. The Kier molecular flexibility index (Phi) is 4.34. The number of pyridine rings is 1. The molecule has 0 spiro atoms. The van der Waals surface area contributed by atoms with Crippen molar-refractivity contribution >= 4 is 17.0 Å². The van der Waals surface area contributed by atoms with E-state index in [-0.39, 0.29) is 11.5 Å². The Morgan fingerprint density at radius 3 is 2.96 bits per heavy atom. The topological polar surface area (TPSA) is 74.6 Å². The molecular weight excluding hydrogens is 294 g/mol. The minimum atomic E-state index is -0.877. The summed E-state index contributed by atoms with van der Waals surface area (Å²) in [5.41, 5.74) is 1.66. The predicted molar refractivity (Wildman–Crippen MR) is 88.6 cm³/mol. The van der Waals surface area contributed by atoms with Crippen molar-refractivity contribution in [2.45, 2.75) is 25.4 Å². The summed E-state index contributed by atoms with van der Waals surface area (Å²) >= 11 is 0. The lowest BCUT2D eigenvalue weighted by atomic mass is 10.1. The highest BCUT2D eigenvalue weighted by Crippen LogP contribution is 2.12. The molecule has 1 aromatic heterocycles. The molecule has 2 heterocycles. The molecule has 1 fully saturated rings. The highest BCUT2D eigenvalue weighted by atomic mass is 16.4. The fourth-order valence-corrected chi connectivity index (χ4v) is 3.21. The van der Waals surface area contributed by atoms with Gasteiger partial charge >= 0.3 is 6.09 Å². The Morgan fingerprint density at radius 2 is 2.17 bits per heavy atom. The van der Waals surface area contributed by atoms with E-state index in [9.17, 15) is 9.59 Å². The van der Waals surface area contributed by atoms with Gasteiger partial charge in [0.1, 0.15) is 0 Å². The van der Waals surface area contributed by atoms with Crippen LogP contribution in [0.2, 0.25) is 0 Å². The van der Waals surface area contributed by atoms with Crippen molar-refractivity contribution in [1.29, 1.82) is 0 Å². The summed E-state index contributed by atoms with van der Waals surface area (Å²) < 4.78 is 1.96. The molecule has 1 saturated heterocycles. The summed E-state index contributed by atoms with van der Waals surface area (Å²) in [5, 5.41) is 13.1. The van der Waals surface area contributed by atoms with Gasteiger partial charge in [-0.2, -0.15) is 0 Å². The Labute approximate surface area is 134 Å². The largest absolute Gasteiger partial charge is 0.465 e. The maximum atomic E-state index is 12.6. The number of likely N-dealkylation sites (tertiary alicyclic amines) is 1. The van der Waals surface area contributed by atoms with E-state index in [2.05, 4.69) is 5.32 Å². The molecule has 6 nitrogen and oxygen atoms in total. The van der Waals surface area contributed by atoms with E-state index in [1.807, 2.05) is 42.1 Å². The number of rotatable bonds is 3. The molecule has 1 aliphatic rings. The molecule has 1 aliphatic heterocycles. The Hall–Kier alpha value is -2.34. The summed E-state index contributed by atoms with van der Waals surface area (Å²) in [6, 6.07) is 7.65. The van der Waals surface area contributed by atoms with Gasteiger partial charge in [-0.15, -0.1) is 0 Å². The van der Waals surface area contributed by atoms with E-state index in [0.717, 1.165) is 18.4 Å². The summed E-state index contributed by atoms with van der Waals surface area (Å²) in [5.74, 6) is 0. The first-order valence-corrected chi connectivity index (χ1v) is 7.85. The van der Waals surface area contributed by atoms with Gasteiger partial charge in [0.15, 0.2) is 5.43 Å². The average Bonchev–Trinajstić information content (AvgIpc) is 2.57. The van der Waals surface area contributed by atoms with Gasteiger partial charge in [0, 0.05) is 49.9 Å². The third kappa shape index (κ3) is 3.22. The summed E-state index contributed by atoms with van der Waals surface area (Å²) in [4.78, 5) is 25.1. The van der Waals surface area contributed by atoms with E-state index in [4.69, 9.17) is 5.11 Å². The molecule has 1 aromatic carbocycles. The monoisotopic (exact) mass is 315 g/mol. The van der Waals surface area contributed by atoms with Crippen LogP contribution in [-0.2, 0) is 13.6 Å². The Balaban J connectivity index is 1.76. The van der Waals surface area contributed by atoms with Gasteiger partial charge in [-0.05, 0) is 25.0 Å². The van der Waals surface area contributed by atoms with Crippen LogP contribution in [-0.4, -0.2) is 39.8 Å². The van der Waals surface area contributed by atoms with Crippen molar-refractivity contribution in [1.82, 2.24) is 14.8 Å². The van der Waals surface area contributed by atoms with Crippen molar-refractivity contribution < 1.29 is 9.90 Å². The van der Waals surface area contributed by atoms with Gasteiger partial charge in [0.25, 0.3) is 0 Å². The maximum absolute atomic E-state index is 12.6. The number of hydrogen-bond acceptors (Lipinski definition) is 3. The highest BCUT2D eigenvalue weighted by Gasteiger charge is 2.22. The minimum Gasteiger partial charge on any atom is -0.465 e. The third-order valence-corrected chi connectivity index (χ3v) is 4.44. The number of carbonyl (C=O) groups is 1. The van der Waals surface area contributed by atoms with Crippen LogP contribution in [0, 0.1) is 0 Å². The molecule has 6 heteroatoms. The highest BCUT2D eigenvalue weighted by molar-refractivity contribution is 5.79. The number of aryl methyl sites for hydroxylation is 1. The first-order valence-electron chi connectivity index (χ1n) is 7.85. The molecule has 0 bridgehead atoms. The SMILES string of the molecule is Cn1cc(CN[C@H]2CCCN(C(=O)O)C2)c(=O)c2ccccc21. The second-order valence-electron chi connectivity index (χ2n) is 6.06. The number of nitrogens with zero attached hydrogens (tertiary/aromatic N) is 2. The summed E-state index contributed by atoms with van der Waals surface area (Å²) in [6.45, 7) is 1.52. The quantitative estimate of drug-likeness (QED) is 0.905. The number of benzene rings is 1. The lowest BCUT2D eigenvalue weighted by Gasteiger charge is -2.31. The molecule has 1 atom stereocenters. The van der Waals surface area contributed by atoms with E-state index in [1.54, 1.807) is 0 Å². The zero-order valence-electron chi connectivity index (χ0n) is 13.2. The number of piperidine rings is 1. The number of amides is 1. The minimum absolute atomic E-state index is 0.0390. The second kappa shape index (κ2) is 6.42. The van der Waals surface area contributed by atoms with E-state index >= 15 is 0 Å². The van der Waals surface area contributed by atoms with Crippen LogP contribution in [0.5, 0.6) is 0 Å². The summed E-state index contributed by atoms with van der Waals surface area (Å²) in [7, 11) is 1.93. The van der Waals surface area contributed by atoms with Crippen molar-refractivity contribution in [3.63, 3.8) is 0 Å². The second-order valence-corrected chi connectivity index (χ2v) is 6.06. The zero-order chi connectivity index (χ0) is 16.4. The first kappa shape index (κ1) is 15.6. The normalized spacial score (nSPS) is 18.3. The molecule has 0 saturated carbocycles. The molecule has 0 aliphatic carbocycles. The number of carboxylic acid groups (broad SMARTS) is 1. The van der Waals surface area contributed by atoms with Crippen LogP contribution in [0.15, 0.2) is 35.3 Å². The van der Waals surface area contributed by atoms with Gasteiger partial charge in [0.2, 0.25) is 0 Å². The fourth-order valence-electron chi connectivity index (χ4n) is 3.21. The van der Waals surface area contributed by atoms with Crippen molar-refractivity contribution in [3.05, 3.63) is 46.2 Å². The standard InChI is InChI=1S/C17H21N3O3/c1-19-10-12(16(21)14-6-2-3-7-15(14)19)9-18-13-5-4-8-20(11-13)17(22)23/h2-3,6-7,10,13,18H,4-5,8-9,11H2,1H3,(H,22,23)/t13-/m0/s1. The molecule has 122 valence electrons. The summed E-state index contributed by atoms with van der Waals surface area (Å²) in [6.07, 6.45) is 2.76. The van der Waals surface area contributed by atoms with Gasteiger partial charge in [-0.1, -0.05) is 12.1 Å². The fraction of sp³-hybridized carbons (Fsp3) is 0.412. The lowest BCUT2D eigenvalue weighted by molar-refractivity contribution is 0.126. The van der Waals surface area contributed by atoms with E-state index in [1.165, 1.54) is 4.90 Å². The molecule has 2 aromatic rings. The van der Waals surface area contributed by atoms with Crippen LogP contribution in [0.3, 0.4) is 0 Å². The van der Waals surface area contributed by atoms with Crippen LogP contribution < -0.4 is 10.7 Å². The van der Waals surface area contributed by atoms with Gasteiger partial charge < -0.3 is 19.9 Å². The van der Waals surface area contributed by atoms with Gasteiger partial charge in [0.05, 0.1) is 5.52 Å². The van der Waals surface area contributed by atoms with Crippen molar-refractivity contribution in [2.75, 3.05) is 13.1 Å². The zero-order valence-corrected chi connectivity index (χ0v) is 13.2. The number of aromatic nitrogens is 1. The molecule has 1 amide bonds.